The van der Waals surface area contributed by atoms with Gasteiger partial charge in [-0.05, 0) is 25.5 Å². The van der Waals surface area contributed by atoms with Crippen LogP contribution in [0.3, 0.4) is 0 Å². The summed E-state index contributed by atoms with van der Waals surface area (Å²) in [5.74, 6) is -1.01. The number of rotatable bonds is 1. The van der Waals surface area contributed by atoms with Gasteiger partial charge in [0.1, 0.15) is 0 Å². The number of halogens is 3. The summed E-state index contributed by atoms with van der Waals surface area (Å²) in [6.07, 6.45) is -1.15. The first-order valence-electron chi connectivity index (χ1n) is 6.05. The van der Waals surface area contributed by atoms with Crippen molar-refractivity contribution >= 4 is 5.78 Å². The molecule has 5 nitrogen and oxygen atoms in total. The van der Waals surface area contributed by atoms with Crippen LogP contribution < -0.4 is 5.32 Å². The van der Waals surface area contributed by atoms with Crippen LogP contribution in [0.4, 0.5) is 13.2 Å². The Morgan fingerprint density at radius 1 is 1.37 bits per heavy atom. The van der Waals surface area contributed by atoms with Gasteiger partial charge in [0.15, 0.2) is 0 Å². The summed E-state index contributed by atoms with van der Waals surface area (Å²) in [7, 11) is 0. The molecule has 0 aromatic carbocycles. The van der Waals surface area contributed by atoms with Gasteiger partial charge in [-0.2, -0.15) is 18.2 Å². The van der Waals surface area contributed by atoms with Gasteiger partial charge in [0, 0.05) is 18.7 Å². The highest BCUT2D eigenvalue weighted by Crippen LogP contribution is 2.28. The van der Waals surface area contributed by atoms with Crippen LogP contribution in [0.15, 0.2) is 12.3 Å². The molecule has 8 heteroatoms. The van der Waals surface area contributed by atoms with Crippen LogP contribution in [0.5, 0.6) is 0 Å². The molecule has 1 N–H and O–H groups in total. The molecule has 1 saturated heterocycles. The van der Waals surface area contributed by atoms with E-state index in [0.29, 0.717) is 0 Å². The second-order valence-corrected chi connectivity index (χ2v) is 4.56. The van der Waals surface area contributed by atoms with E-state index in [2.05, 4.69) is 20.4 Å². The van der Waals surface area contributed by atoms with Gasteiger partial charge in [-0.3, -0.25) is 0 Å². The van der Waals surface area contributed by atoms with Gasteiger partial charge in [-0.1, -0.05) is 0 Å². The standard InChI is InChI=1S/C11H12F3N5/c12-11(13,14)9-17-10-16-5-3-8(19(10)18-9)7-2-1-4-15-6-7/h3,5,7,15H,1-2,4,6H2/t7-/m1/s1. The summed E-state index contributed by atoms with van der Waals surface area (Å²) < 4.78 is 39.1. The Balaban J connectivity index is 2.07. The molecule has 3 heterocycles. The van der Waals surface area contributed by atoms with Crippen molar-refractivity contribution in [3.8, 4) is 0 Å². The Labute approximate surface area is 106 Å². The second-order valence-electron chi connectivity index (χ2n) is 4.56. The quantitative estimate of drug-likeness (QED) is 0.856. The van der Waals surface area contributed by atoms with Crippen LogP contribution in [0.25, 0.3) is 5.78 Å². The molecular weight excluding hydrogens is 259 g/mol. The smallest absolute Gasteiger partial charge is 0.316 e. The third-order valence-electron chi connectivity index (χ3n) is 3.24. The predicted octanol–water partition coefficient (Wildman–Crippen LogP) is 1.61. The molecule has 3 rings (SSSR count). The zero-order chi connectivity index (χ0) is 13.5. The molecule has 0 spiro atoms. The molecule has 0 unspecified atom stereocenters. The van der Waals surface area contributed by atoms with Gasteiger partial charge in [0.05, 0.1) is 5.69 Å². The van der Waals surface area contributed by atoms with Crippen LogP contribution in [0.1, 0.15) is 30.3 Å². The molecule has 19 heavy (non-hydrogen) atoms. The van der Waals surface area contributed by atoms with E-state index >= 15 is 0 Å². The minimum atomic E-state index is -4.55. The van der Waals surface area contributed by atoms with E-state index in [1.807, 2.05) is 0 Å². The van der Waals surface area contributed by atoms with Crippen molar-refractivity contribution in [3.05, 3.63) is 23.8 Å². The summed E-state index contributed by atoms with van der Waals surface area (Å²) in [4.78, 5) is 7.27. The average Bonchev–Trinajstić information content (AvgIpc) is 2.83. The largest absolute Gasteiger partial charge is 0.453 e. The highest BCUT2D eigenvalue weighted by atomic mass is 19.4. The maximum atomic E-state index is 12.6. The summed E-state index contributed by atoms with van der Waals surface area (Å²) in [5.41, 5.74) is 0.722. The maximum Gasteiger partial charge on any atom is 0.453 e. The van der Waals surface area contributed by atoms with Crippen molar-refractivity contribution in [2.45, 2.75) is 24.9 Å². The molecule has 0 saturated carbocycles. The summed E-state index contributed by atoms with van der Waals surface area (Å²) >= 11 is 0. The van der Waals surface area contributed by atoms with Crippen molar-refractivity contribution in [1.29, 1.82) is 0 Å². The lowest BCUT2D eigenvalue weighted by Crippen LogP contribution is -2.29. The third-order valence-corrected chi connectivity index (χ3v) is 3.24. The zero-order valence-electron chi connectivity index (χ0n) is 9.98. The van der Waals surface area contributed by atoms with Crippen LogP contribution >= 0.6 is 0 Å². The van der Waals surface area contributed by atoms with E-state index in [4.69, 9.17) is 0 Å². The van der Waals surface area contributed by atoms with Gasteiger partial charge in [-0.15, -0.1) is 5.10 Å². The van der Waals surface area contributed by atoms with E-state index in [0.717, 1.165) is 31.6 Å². The lowest BCUT2D eigenvalue weighted by Gasteiger charge is -2.22. The molecular formula is C11H12F3N5. The molecule has 2 aromatic rings. The van der Waals surface area contributed by atoms with Gasteiger partial charge < -0.3 is 5.32 Å². The number of nitrogens with zero attached hydrogens (tertiary/aromatic N) is 4. The van der Waals surface area contributed by atoms with E-state index in [1.54, 1.807) is 6.07 Å². The SMILES string of the molecule is FC(F)(F)c1nc2nccc([C@@H]3CCCNC3)n2n1. The van der Waals surface area contributed by atoms with E-state index < -0.39 is 12.0 Å². The fourth-order valence-corrected chi connectivity index (χ4v) is 2.34. The van der Waals surface area contributed by atoms with E-state index in [1.165, 1.54) is 10.7 Å². The molecule has 0 amide bonds. The number of hydrogen-bond donors (Lipinski definition) is 1. The Kier molecular flexibility index (Phi) is 2.89. The van der Waals surface area contributed by atoms with Gasteiger partial charge in [0.2, 0.25) is 0 Å². The monoisotopic (exact) mass is 271 g/mol. The molecule has 0 aliphatic carbocycles. The zero-order valence-corrected chi connectivity index (χ0v) is 9.98. The lowest BCUT2D eigenvalue weighted by molar-refractivity contribution is -0.144. The average molecular weight is 271 g/mol. The minimum absolute atomic E-state index is 0.00426. The first-order valence-corrected chi connectivity index (χ1v) is 6.05. The number of aromatic nitrogens is 4. The first-order chi connectivity index (χ1) is 9.05. The molecule has 0 radical (unpaired) electrons. The predicted molar refractivity (Wildman–Crippen MR) is 60.6 cm³/mol. The van der Waals surface area contributed by atoms with Crippen LogP contribution in [0.2, 0.25) is 0 Å². The van der Waals surface area contributed by atoms with Gasteiger partial charge in [0.25, 0.3) is 11.6 Å². The van der Waals surface area contributed by atoms with E-state index in [-0.39, 0.29) is 11.7 Å². The molecule has 1 aliphatic rings. The summed E-state index contributed by atoms with van der Waals surface area (Å²) in [6.45, 7) is 1.68. The Morgan fingerprint density at radius 2 is 2.21 bits per heavy atom. The van der Waals surface area contributed by atoms with Crippen LogP contribution in [0, 0.1) is 0 Å². The molecule has 1 atom stereocenters. The van der Waals surface area contributed by atoms with Crippen molar-refractivity contribution < 1.29 is 13.2 Å². The van der Waals surface area contributed by atoms with Crippen molar-refractivity contribution in [1.82, 2.24) is 24.9 Å². The lowest BCUT2D eigenvalue weighted by atomic mass is 9.96. The molecule has 0 bridgehead atoms. The number of piperidine rings is 1. The molecule has 2 aromatic heterocycles. The first kappa shape index (κ1) is 12.3. The van der Waals surface area contributed by atoms with Crippen molar-refractivity contribution in [2.24, 2.45) is 0 Å². The normalized spacial score (nSPS) is 20.9. The van der Waals surface area contributed by atoms with Crippen LogP contribution in [-0.4, -0.2) is 32.7 Å². The second kappa shape index (κ2) is 4.44. The summed E-state index contributed by atoms with van der Waals surface area (Å²) in [6, 6.07) is 1.71. The number of alkyl halides is 3. The Morgan fingerprint density at radius 3 is 2.89 bits per heavy atom. The van der Waals surface area contributed by atoms with Gasteiger partial charge in [-0.25, -0.2) is 9.50 Å². The minimum Gasteiger partial charge on any atom is -0.316 e. The molecule has 102 valence electrons. The van der Waals surface area contributed by atoms with Crippen molar-refractivity contribution in [2.75, 3.05) is 13.1 Å². The number of nitrogens with one attached hydrogen (secondary N) is 1. The Hall–Kier alpha value is -1.70. The third kappa shape index (κ3) is 2.27. The van der Waals surface area contributed by atoms with E-state index in [9.17, 15) is 13.2 Å². The number of hydrogen-bond acceptors (Lipinski definition) is 4. The van der Waals surface area contributed by atoms with Crippen LogP contribution in [-0.2, 0) is 6.18 Å². The fraction of sp³-hybridized carbons (Fsp3) is 0.545. The fourth-order valence-electron chi connectivity index (χ4n) is 2.34. The molecule has 1 fully saturated rings. The topological polar surface area (TPSA) is 55.1 Å². The van der Waals surface area contributed by atoms with Crippen molar-refractivity contribution in [3.63, 3.8) is 0 Å². The number of fused-ring (bicyclic) bond motifs is 1. The molecule has 1 aliphatic heterocycles. The maximum absolute atomic E-state index is 12.6. The highest BCUT2D eigenvalue weighted by Gasteiger charge is 2.37. The Bertz CT molecular complexity index is 586. The highest BCUT2D eigenvalue weighted by molar-refractivity contribution is 5.30. The van der Waals surface area contributed by atoms with Gasteiger partial charge >= 0.3 is 6.18 Å². The summed E-state index contributed by atoms with van der Waals surface area (Å²) in [5, 5.41) is 6.78.